The summed E-state index contributed by atoms with van der Waals surface area (Å²) in [5, 5.41) is 13.3. The molecule has 0 atom stereocenters. The molecule has 0 radical (unpaired) electrons. The van der Waals surface area contributed by atoms with Crippen molar-refractivity contribution in [2.24, 2.45) is 0 Å². The molecule has 6 nitrogen and oxygen atoms in total. The second kappa shape index (κ2) is 12.1. The number of hydrogen-bond acceptors (Lipinski definition) is 5. The highest BCUT2D eigenvalue weighted by Gasteiger charge is 2.15. The molecule has 0 heterocycles. The molecule has 0 aliphatic heterocycles. The van der Waals surface area contributed by atoms with Gasteiger partial charge in [0.15, 0.2) is 0 Å². The van der Waals surface area contributed by atoms with Crippen LogP contribution in [0.4, 0.5) is 5.69 Å². The maximum Gasteiger partial charge on any atom is 0.338 e. The van der Waals surface area contributed by atoms with Gasteiger partial charge in [-0.2, -0.15) is 5.26 Å². The van der Waals surface area contributed by atoms with Crippen LogP contribution in [0.2, 0.25) is 10.0 Å². The van der Waals surface area contributed by atoms with E-state index in [4.69, 9.17) is 32.7 Å². The molecule has 0 bridgehead atoms. The second-order valence-electron chi connectivity index (χ2n) is 7.37. The predicted octanol–water partition coefficient (Wildman–Crippen LogP) is 6.32. The van der Waals surface area contributed by atoms with E-state index in [0.717, 1.165) is 11.1 Å². The van der Waals surface area contributed by atoms with Gasteiger partial charge in [0.25, 0.3) is 5.91 Å². The van der Waals surface area contributed by atoms with Gasteiger partial charge >= 0.3 is 5.97 Å². The Bertz CT molecular complexity index is 1310. The second-order valence-corrected chi connectivity index (χ2v) is 8.19. The first-order valence-corrected chi connectivity index (χ1v) is 11.4. The maximum atomic E-state index is 12.7. The van der Waals surface area contributed by atoms with Crippen LogP contribution in [0.25, 0.3) is 6.08 Å². The third-order valence-electron chi connectivity index (χ3n) is 5.05. The van der Waals surface area contributed by atoms with E-state index in [0.29, 0.717) is 39.0 Å². The molecule has 3 rings (SSSR count). The Labute approximate surface area is 213 Å². The Morgan fingerprint density at radius 3 is 2.40 bits per heavy atom. The molecular weight excluding hydrogens is 487 g/mol. The molecule has 0 aliphatic rings. The highest BCUT2D eigenvalue weighted by molar-refractivity contribution is 6.32. The van der Waals surface area contributed by atoms with Crippen LogP contribution in [0.5, 0.6) is 5.75 Å². The van der Waals surface area contributed by atoms with E-state index in [2.05, 4.69) is 5.32 Å². The van der Waals surface area contributed by atoms with Crippen molar-refractivity contribution >= 4 is 46.8 Å². The van der Waals surface area contributed by atoms with Gasteiger partial charge in [0.05, 0.1) is 19.3 Å². The fourth-order valence-corrected chi connectivity index (χ4v) is 3.81. The maximum absolute atomic E-state index is 12.7. The van der Waals surface area contributed by atoms with Crippen molar-refractivity contribution in [2.75, 3.05) is 19.0 Å². The minimum atomic E-state index is -0.605. The summed E-state index contributed by atoms with van der Waals surface area (Å²) in [6, 6.07) is 18.9. The molecule has 0 saturated heterocycles. The lowest BCUT2D eigenvalue weighted by atomic mass is 10.0. The molecule has 3 aromatic rings. The largest absolute Gasteiger partial charge is 0.496 e. The fourth-order valence-electron chi connectivity index (χ4n) is 3.32. The fraction of sp³-hybridized carbons (Fsp3) is 0.148. The summed E-state index contributed by atoms with van der Waals surface area (Å²) in [7, 11) is 1.52. The number of halogens is 2. The number of rotatable bonds is 8. The molecule has 0 unspecified atom stereocenters. The van der Waals surface area contributed by atoms with E-state index in [1.807, 2.05) is 24.3 Å². The minimum absolute atomic E-state index is 0.128. The Morgan fingerprint density at radius 1 is 1.06 bits per heavy atom. The summed E-state index contributed by atoms with van der Waals surface area (Å²) < 4.78 is 10.5. The molecular formula is C27H22Cl2N2O4. The summed E-state index contributed by atoms with van der Waals surface area (Å²) in [6.07, 6.45) is 1.88. The summed E-state index contributed by atoms with van der Waals surface area (Å²) in [5.74, 6) is -0.547. The number of hydrogen-bond donors (Lipinski definition) is 1. The van der Waals surface area contributed by atoms with Crippen molar-refractivity contribution in [2.45, 2.75) is 13.3 Å². The first-order valence-electron chi connectivity index (χ1n) is 10.7. The van der Waals surface area contributed by atoms with Crippen LogP contribution in [-0.4, -0.2) is 25.6 Å². The zero-order valence-corrected chi connectivity index (χ0v) is 20.6. The van der Waals surface area contributed by atoms with E-state index in [1.165, 1.54) is 25.3 Å². The van der Waals surface area contributed by atoms with E-state index in [9.17, 15) is 14.9 Å². The number of nitriles is 1. The van der Waals surface area contributed by atoms with Gasteiger partial charge in [-0.05, 0) is 66.6 Å². The first-order chi connectivity index (χ1) is 16.9. The molecule has 1 N–H and O–H groups in total. The van der Waals surface area contributed by atoms with Crippen LogP contribution in [0.15, 0.2) is 66.2 Å². The molecule has 1 amide bonds. The topological polar surface area (TPSA) is 88.4 Å². The van der Waals surface area contributed by atoms with Crippen molar-refractivity contribution in [1.82, 2.24) is 0 Å². The molecule has 35 heavy (non-hydrogen) atoms. The molecule has 0 aliphatic carbocycles. The highest BCUT2D eigenvalue weighted by atomic mass is 35.5. The number of carbonyl (C=O) groups is 2. The highest BCUT2D eigenvalue weighted by Crippen LogP contribution is 2.33. The average Bonchev–Trinajstić information content (AvgIpc) is 2.85. The number of methoxy groups -OCH3 is 1. The molecule has 8 heteroatoms. The van der Waals surface area contributed by atoms with Gasteiger partial charge in [-0.25, -0.2) is 4.79 Å². The van der Waals surface area contributed by atoms with Crippen molar-refractivity contribution in [1.29, 1.82) is 5.26 Å². The minimum Gasteiger partial charge on any atom is -0.496 e. The van der Waals surface area contributed by atoms with Gasteiger partial charge in [-0.15, -0.1) is 0 Å². The van der Waals surface area contributed by atoms with Crippen molar-refractivity contribution in [3.05, 3.63) is 98.5 Å². The van der Waals surface area contributed by atoms with E-state index in [1.54, 1.807) is 37.3 Å². The number of benzene rings is 3. The van der Waals surface area contributed by atoms with Gasteiger partial charge in [-0.1, -0.05) is 41.4 Å². The number of amides is 1. The molecule has 0 fully saturated rings. The Balaban J connectivity index is 1.82. The molecule has 0 aromatic heterocycles. The average molecular weight is 509 g/mol. The SMILES string of the molecule is CCOC(=O)c1ccc(NC(=O)/C(C#N)=C/c2cc(Cl)c(Cc3ccccc3Cl)c(OC)c2)cc1. The smallest absolute Gasteiger partial charge is 0.338 e. The third-order valence-corrected chi connectivity index (χ3v) is 5.76. The normalized spacial score (nSPS) is 10.9. The number of esters is 1. The van der Waals surface area contributed by atoms with Crippen LogP contribution in [0.3, 0.4) is 0 Å². The lowest BCUT2D eigenvalue weighted by Crippen LogP contribution is -2.13. The summed E-state index contributed by atoms with van der Waals surface area (Å²) in [6.45, 7) is 1.99. The monoisotopic (exact) mass is 508 g/mol. The van der Waals surface area contributed by atoms with Gasteiger partial charge < -0.3 is 14.8 Å². The quantitative estimate of drug-likeness (QED) is 0.218. The molecule has 0 saturated carbocycles. The van der Waals surface area contributed by atoms with Crippen LogP contribution in [0, 0.1) is 11.3 Å². The summed E-state index contributed by atoms with van der Waals surface area (Å²) in [5.41, 5.74) is 2.82. The zero-order chi connectivity index (χ0) is 25.4. The van der Waals surface area contributed by atoms with E-state index >= 15 is 0 Å². The first kappa shape index (κ1) is 25.8. The number of anilines is 1. The molecule has 0 spiro atoms. The standard InChI is InChI=1S/C27H22Cl2N2O4/c1-3-35-27(33)18-8-10-21(11-9-18)31-26(32)20(16-30)12-17-13-24(29)22(25(14-17)34-2)15-19-6-4-5-7-23(19)28/h4-14H,3,15H2,1-2H3,(H,31,32)/b20-12+. The van der Waals surface area contributed by atoms with Crippen molar-refractivity contribution in [3.63, 3.8) is 0 Å². The third kappa shape index (κ3) is 6.63. The molecule has 178 valence electrons. The van der Waals surface area contributed by atoms with Gasteiger partial charge in [0.2, 0.25) is 0 Å². The van der Waals surface area contributed by atoms with Gasteiger partial charge in [0, 0.05) is 27.7 Å². The predicted molar refractivity (Wildman–Crippen MR) is 137 cm³/mol. The van der Waals surface area contributed by atoms with Crippen molar-refractivity contribution in [3.8, 4) is 11.8 Å². The van der Waals surface area contributed by atoms with Crippen LogP contribution < -0.4 is 10.1 Å². The number of nitrogens with zero attached hydrogens (tertiary/aromatic N) is 1. The van der Waals surface area contributed by atoms with Crippen LogP contribution >= 0.6 is 23.2 Å². The summed E-state index contributed by atoms with van der Waals surface area (Å²) >= 11 is 12.8. The zero-order valence-electron chi connectivity index (χ0n) is 19.1. The lowest BCUT2D eigenvalue weighted by molar-refractivity contribution is -0.112. The summed E-state index contributed by atoms with van der Waals surface area (Å²) in [4.78, 5) is 24.5. The van der Waals surface area contributed by atoms with Crippen molar-refractivity contribution < 1.29 is 19.1 Å². The Kier molecular flexibility index (Phi) is 8.91. The lowest BCUT2D eigenvalue weighted by Gasteiger charge is -2.13. The van der Waals surface area contributed by atoms with Gasteiger partial charge in [-0.3, -0.25) is 4.79 Å². The number of ether oxygens (including phenoxy) is 2. The van der Waals surface area contributed by atoms with E-state index in [-0.39, 0.29) is 12.2 Å². The van der Waals surface area contributed by atoms with Gasteiger partial charge in [0.1, 0.15) is 17.4 Å². The van der Waals surface area contributed by atoms with E-state index < -0.39 is 11.9 Å². The van der Waals surface area contributed by atoms with Crippen LogP contribution in [0.1, 0.15) is 34.0 Å². The number of nitrogens with one attached hydrogen (secondary N) is 1. The Hall–Kier alpha value is -3.79. The molecule has 3 aromatic carbocycles. The Morgan fingerprint density at radius 2 is 1.77 bits per heavy atom. The van der Waals surface area contributed by atoms with Crippen LogP contribution in [-0.2, 0) is 16.0 Å². The number of carbonyl (C=O) groups excluding carboxylic acids is 2.